The fraction of sp³-hybridized carbons (Fsp3) is 0.0800. The van der Waals surface area contributed by atoms with Crippen molar-refractivity contribution >= 4 is 45.9 Å². The molecule has 170 valence electrons. The molecule has 34 heavy (non-hydrogen) atoms. The summed E-state index contributed by atoms with van der Waals surface area (Å²) in [6, 6.07) is 18.4. The van der Waals surface area contributed by atoms with Crippen LogP contribution in [-0.2, 0) is 4.79 Å². The first-order valence-electron chi connectivity index (χ1n) is 10.1. The van der Waals surface area contributed by atoms with E-state index in [1.807, 2.05) is 18.2 Å². The van der Waals surface area contributed by atoms with Crippen LogP contribution in [0.5, 0.6) is 11.5 Å². The highest BCUT2D eigenvalue weighted by Crippen LogP contribution is 2.37. The van der Waals surface area contributed by atoms with Crippen molar-refractivity contribution in [2.24, 2.45) is 0 Å². The van der Waals surface area contributed by atoms with Crippen LogP contribution in [0.4, 0.5) is 10.1 Å². The molecule has 0 aliphatic rings. The Kier molecular flexibility index (Phi) is 6.76. The lowest BCUT2D eigenvalue weighted by Gasteiger charge is -2.13. The Labute approximate surface area is 199 Å². The number of ether oxygens (including phenoxy) is 2. The highest BCUT2D eigenvalue weighted by atomic mass is 35.5. The largest absolute Gasteiger partial charge is 0.493 e. The van der Waals surface area contributed by atoms with Crippen molar-refractivity contribution in [2.75, 3.05) is 19.0 Å². The van der Waals surface area contributed by atoms with Gasteiger partial charge in [0.1, 0.15) is 17.7 Å². The number of aromatic nitrogens is 2. The van der Waals surface area contributed by atoms with Gasteiger partial charge in [-0.3, -0.25) is 4.79 Å². The minimum atomic E-state index is -0.408. The summed E-state index contributed by atoms with van der Waals surface area (Å²) in [5, 5.41) is 12.6. The van der Waals surface area contributed by atoms with Gasteiger partial charge < -0.3 is 19.8 Å². The molecule has 2 N–H and O–H groups in total. The van der Waals surface area contributed by atoms with Gasteiger partial charge in [0.05, 0.1) is 28.7 Å². The number of carbonyl (C=O) groups is 1. The van der Waals surface area contributed by atoms with Crippen LogP contribution in [0, 0.1) is 17.1 Å². The minimum Gasteiger partial charge on any atom is -0.493 e. The van der Waals surface area contributed by atoms with E-state index in [2.05, 4.69) is 21.4 Å². The van der Waals surface area contributed by atoms with Gasteiger partial charge in [-0.1, -0.05) is 29.8 Å². The number of rotatable bonds is 7. The molecule has 0 unspecified atom stereocenters. The van der Waals surface area contributed by atoms with Crippen LogP contribution >= 0.6 is 11.6 Å². The van der Waals surface area contributed by atoms with E-state index in [4.69, 9.17) is 21.1 Å². The number of hydrogen-bond donors (Lipinski definition) is 2. The number of allylic oxidation sites excluding steroid dienone is 1. The van der Waals surface area contributed by atoms with Crippen molar-refractivity contribution in [3.05, 3.63) is 82.9 Å². The average molecular weight is 477 g/mol. The maximum atomic E-state index is 13.5. The molecule has 0 saturated heterocycles. The summed E-state index contributed by atoms with van der Waals surface area (Å²) in [4.78, 5) is 19.5. The molecule has 9 heteroatoms. The molecule has 0 atom stereocenters. The summed E-state index contributed by atoms with van der Waals surface area (Å²) in [7, 11) is 1.44. The number of imidazole rings is 1. The first kappa shape index (κ1) is 22.8. The van der Waals surface area contributed by atoms with Crippen LogP contribution in [0.15, 0.2) is 60.7 Å². The number of nitrogens with zero attached hydrogens (tertiary/aromatic N) is 2. The first-order valence-corrected chi connectivity index (χ1v) is 10.5. The van der Waals surface area contributed by atoms with Crippen molar-refractivity contribution in [1.82, 2.24) is 9.97 Å². The van der Waals surface area contributed by atoms with Gasteiger partial charge in [0.15, 0.2) is 18.1 Å². The van der Waals surface area contributed by atoms with E-state index in [1.54, 1.807) is 30.3 Å². The summed E-state index contributed by atoms with van der Waals surface area (Å²) >= 11 is 6.40. The molecular weight excluding hydrogens is 459 g/mol. The topological polar surface area (TPSA) is 100 Å². The number of H-pyrrole nitrogens is 1. The molecule has 0 bridgehead atoms. The van der Waals surface area contributed by atoms with Gasteiger partial charge in [0.2, 0.25) is 0 Å². The van der Waals surface area contributed by atoms with Crippen LogP contribution in [0.2, 0.25) is 5.02 Å². The van der Waals surface area contributed by atoms with Crippen molar-refractivity contribution in [3.8, 4) is 17.6 Å². The van der Waals surface area contributed by atoms with Crippen molar-refractivity contribution < 1.29 is 18.7 Å². The van der Waals surface area contributed by atoms with E-state index in [0.29, 0.717) is 22.3 Å². The molecular formula is C25H18ClFN4O3. The van der Waals surface area contributed by atoms with Gasteiger partial charge in [-0.25, -0.2) is 9.37 Å². The normalized spacial score (nSPS) is 11.2. The predicted octanol–water partition coefficient (Wildman–Crippen LogP) is 5.45. The van der Waals surface area contributed by atoms with E-state index in [9.17, 15) is 14.4 Å². The molecule has 0 fully saturated rings. The highest BCUT2D eigenvalue weighted by Gasteiger charge is 2.15. The summed E-state index contributed by atoms with van der Waals surface area (Å²) in [5.74, 6) is 0.00435. The Hall–Kier alpha value is -4.35. The smallest absolute Gasteiger partial charge is 0.262 e. The van der Waals surface area contributed by atoms with Crippen LogP contribution < -0.4 is 14.8 Å². The molecule has 0 radical (unpaired) electrons. The predicted molar refractivity (Wildman–Crippen MR) is 128 cm³/mol. The monoisotopic (exact) mass is 476 g/mol. The SMILES string of the molecule is COc1cc(/C=C(/C#N)c2nc3ccc(F)cc3[nH]2)cc(Cl)c1OCC(=O)Nc1ccccc1. The average Bonchev–Trinajstić information content (AvgIpc) is 3.25. The van der Waals surface area contributed by atoms with Crippen molar-refractivity contribution in [1.29, 1.82) is 5.26 Å². The fourth-order valence-corrected chi connectivity index (χ4v) is 3.52. The fourth-order valence-electron chi connectivity index (χ4n) is 3.25. The van der Waals surface area contributed by atoms with E-state index >= 15 is 0 Å². The third kappa shape index (κ3) is 5.17. The standard InChI is InChI=1S/C25H18ClFN4O3/c1-33-22-11-15(9-16(13-28)25-30-20-8-7-17(27)12-21(20)31-25)10-19(26)24(22)34-14-23(32)29-18-5-3-2-4-6-18/h2-12H,14H2,1H3,(H,29,32)(H,30,31)/b16-9-. The third-order valence-corrected chi connectivity index (χ3v) is 5.07. The zero-order valence-corrected chi connectivity index (χ0v) is 18.7. The van der Waals surface area contributed by atoms with Crippen LogP contribution in [0.25, 0.3) is 22.7 Å². The zero-order valence-electron chi connectivity index (χ0n) is 17.9. The van der Waals surface area contributed by atoms with E-state index in [-0.39, 0.29) is 40.4 Å². The highest BCUT2D eigenvalue weighted by molar-refractivity contribution is 6.32. The Morgan fingerprint density at radius 2 is 2.03 bits per heavy atom. The number of aromatic amines is 1. The van der Waals surface area contributed by atoms with Gasteiger partial charge in [-0.05, 0) is 54.1 Å². The summed E-state index contributed by atoms with van der Waals surface area (Å²) in [6.07, 6.45) is 1.56. The van der Waals surface area contributed by atoms with Crippen molar-refractivity contribution in [3.63, 3.8) is 0 Å². The number of amides is 1. The van der Waals surface area contributed by atoms with Gasteiger partial charge >= 0.3 is 0 Å². The number of anilines is 1. The number of benzene rings is 3. The van der Waals surface area contributed by atoms with Gasteiger partial charge in [-0.2, -0.15) is 5.26 Å². The molecule has 0 aliphatic heterocycles. The van der Waals surface area contributed by atoms with Crippen LogP contribution in [-0.4, -0.2) is 29.6 Å². The Morgan fingerprint density at radius 3 is 2.76 bits per heavy atom. The summed E-state index contributed by atoms with van der Waals surface area (Å²) < 4.78 is 24.5. The van der Waals surface area contributed by atoms with Crippen molar-refractivity contribution in [2.45, 2.75) is 0 Å². The first-order chi connectivity index (χ1) is 16.5. The Morgan fingerprint density at radius 1 is 1.24 bits per heavy atom. The maximum absolute atomic E-state index is 13.5. The molecule has 4 rings (SSSR count). The number of carbonyl (C=O) groups excluding carboxylic acids is 1. The minimum absolute atomic E-state index is 0.196. The number of hydrogen-bond acceptors (Lipinski definition) is 5. The number of nitrogens with one attached hydrogen (secondary N) is 2. The quantitative estimate of drug-likeness (QED) is 0.346. The molecule has 1 amide bonds. The molecule has 0 aliphatic carbocycles. The number of halogens is 2. The van der Waals surface area contributed by atoms with E-state index < -0.39 is 5.82 Å². The van der Waals surface area contributed by atoms with Gasteiger partial charge in [0.25, 0.3) is 5.91 Å². The Bertz CT molecular complexity index is 1430. The molecule has 0 spiro atoms. The van der Waals surface area contributed by atoms with Gasteiger partial charge in [0, 0.05) is 5.69 Å². The summed E-state index contributed by atoms with van der Waals surface area (Å²) in [6.45, 7) is -0.279. The van der Waals surface area contributed by atoms with Gasteiger partial charge in [-0.15, -0.1) is 0 Å². The molecule has 1 heterocycles. The van der Waals surface area contributed by atoms with E-state index in [1.165, 1.54) is 25.3 Å². The molecule has 0 saturated carbocycles. The number of para-hydroxylation sites is 1. The lowest BCUT2D eigenvalue weighted by atomic mass is 10.1. The second-order valence-electron chi connectivity index (χ2n) is 7.15. The molecule has 4 aromatic rings. The van der Waals surface area contributed by atoms with E-state index in [0.717, 1.165) is 0 Å². The molecule has 7 nitrogen and oxygen atoms in total. The number of nitriles is 1. The number of fused-ring (bicyclic) bond motifs is 1. The second kappa shape index (κ2) is 10.1. The summed E-state index contributed by atoms with van der Waals surface area (Å²) in [5.41, 5.74) is 2.42. The Balaban J connectivity index is 1.55. The lowest BCUT2D eigenvalue weighted by Crippen LogP contribution is -2.20. The number of methoxy groups -OCH3 is 1. The third-order valence-electron chi connectivity index (χ3n) is 4.79. The molecule has 1 aromatic heterocycles. The second-order valence-corrected chi connectivity index (χ2v) is 7.56. The van der Waals surface area contributed by atoms with Crippen LogP contribution in [0.1, 0.15) is 11.4 Å². The zero-order chi connectivity index (χ0) is 24.1. The molecule has 3 aromatic carbocycles. The maximum Gasteiger partial charge on any atom is 0.262 e. The lowest BCUT2D eigenvalue weighted by molar-refractivity contribution is -0.118. The van der Waals surface area contributed by atoms with Crippen LogP contribution in [0.3, 0.4) is 0 Å².